The number of hydrogen-bond donors (Lipinski definition) is 0. The van der Waals surface area contributed by atoms with Crippen molar-refractivity contribution in [2.24, 2.45) is 0 Å². The summed E-state index contributed by atoms with van der Waals surface area (Å²) in [5.74, 6) is 0.323. The van der Waals surface area contributed by atoms with Gasteiger partial charge >= 0.3 is 6.01 Å². The Morgan fingerprint density at radius 1 is 1.42 bits per heavy atom. The van der Waals surface area contributed by atoms with E-state index in [2.05, 4.69) is 4.74 Å². The lowest BCUT2D eigenvalue weighted by molar-refractivity contribution is 0.288. The number of rotatable bonds is 2. The molecule has 12 heavy (non-hydrogen) atoms. The van der Waals surface area contributed by atoms with Crippen molar-refractivity contribution in [2.75, 3.05) is 0 Å². The largest absolute Gasteiger partial charge is 0.430 e. The van der Waals surface area contributed by atoms with E-state index >= 15 is 0 Å². The second-order valence-corrected chi connectivity index (χ2v) is 2.28. The molecule has 0 heterocycles. The third-order valence-electron chi connectivity index (χ3n) is 1.39. The zero-order valence-electron chi connectivity index (χ0n) is 6.55. The van der Waals surface area contributed by atoms with Gasteiger partial charge in [0.2, 0.25) is 0 Å². The van der Waals surface area contributed by atoms with E-state index in [0.717, 1.165) is 5.56 Å². The first kappa shape index (κ1) is 8.71. The predicted molar refractivity (Wildman–Crippen MR) is 42.1 cm³/mol. The van der Waals surface area contributed by atoms with Crippen LogP contribution in [-0.2, 0) is 0 Å². The molecule has 0 aromatic heterocycles. The van der Waals surface area contributed by atoms with Crippen LogP contribution in [0.3, 0.4) is 0 Å². The van der Waals surface area contributed by atoms with Gasteiger partial charge in [0.15, 0.2) is 6.33 Å². The number of hydrogen-bond acceptors (Lipinski definition) is 1. The Bertz CT molecular complexity index is 294. The Kier molecular flexibility index (Phi) is 2.80. The summed E-state index contributed by atoms with van der Waals surface area (Å²) in [4.78, 5) is 0. The van der Waals surface area contributed by atoms with Crippen molar-refractivity contribution in [3.63, 3.8) is 0 Å². The van der Waals surface area contributed by atoms with E-state index < -0.39 is 6.01 Å². The molecular formula is C9H8F2O. The van der Waals surface area contributed by atoms with Crippen molar-refractivity contribution in [2.45, 2.75) is 6.92 Å². The summed E-state index contributed by atoms with van der Waals surface area (Å²) in [7, 11) is 0. The summed E-state index contributed by atoms with van der Waals surface area (Å²) in [6.07, 6.45) is -0.216. The van der Waals surface area contributed by atoms with Gasteiger partial charge in [-0.15, -0.1) is 0 Å². The first-order chi connectivity index (χ1) is 5.74. The van der Waals surface area contributed by atoms with Crippen LogP contribution in [0.2, 0.25) is 0 Å². The first-order valence-corrected chi connectivity index (χ1v) is 3.43. The van der Waals surface area contributed by atoms with E-state index in [9.17, 15) is 8.78 Å². The molecule has 0 saturated heterocycles. The van der Waals surface area contributed by atoms with Crippen LogP contribution in [0.5, 0.6) is 5.75 Å². The number of benzene rings is 1. The number of para-hydroxylation sites is 1. The van der Waals surface area contributed by atoms with Crippen LogP contribution in [0.25, 0.3) is 0 Å². The van der Waals surface area contributed by atoms with Crippen LogP contribution in [0.1, 0.15) is 5.56 Å². The lowest BCUT2D eigenvalue weighted by Crippen LogP contribution is -1.90. The van der Waals surface area contributed by atoms with Crippen molar-refractivity contribution >= 4 is 0 Å². The van der Waals surface area contributed by atoms with Crippen LogP contribution >= 0.6 is 0 Å². The van der Waals surface area contributed by atoms with Crippen LogP contribution in [-0.4, -0.2) is 0 Å². The molecule has 1 nitrogen and oxygen atoms in total. The molecule has 0 radical (unpaired) electrons. The third kappa shape index (κ3) is 2.05. The molecule has 1 rings (SSSR count). The van der Waals surface area contributed by atoms with Gasteiger partial charge in [0.05, 0.1) is 0 Å². The quantitative estimate of drug-likeness (QED) is 0.619. The lowest BCUT2D eigenvalue weighted by Gasteiger charge is -2.03. The van der Waals surface area contributed by atoms with Crippen LogP contribution in [0.15, 0.2) is 36.6 Å². The van der Waals surface area contributed by atoms with Gasteiger partial charge in [-0.05, 0) is 18.6 Å². The maximum Gasteiger partial charge on any atom is 0.306 e. The number of ether oxygens (including phenoxy) is 1. The summed E-state index contributed by atoms with van der Waals surface area (Å²) in [5.41, 5.74) is 0.759. The van der Waals surface area contributed by atoms with Crippen LogP contribution in [0.4, 0.5) is 8.78 Å². The molecule has 0 N–H and O–H groups in total. The maximum absolute atomic E-state index is 12.3. The smallest absolute Gasteiger partial charge is 0.306 e. The lowest BCUT2D eigenvalue weighted by atomic mass is 10.2. The van der Waals surface area contributed by atoms with Gasteiger partial charge < -0.3 is 4.74 Å². The highest BCUT2D eigenvalue weighted by atomic mass is 19.2. The highest BCUT2D eigenvalue weighted by Gasteiger charge is 2.00. The first-order valence-electron chi connectivity index (χ1n) is 3.43. The average Bonchev–Trinajstić information content (AvgIpc) is 2.09. The van der Waals surface area contributed by atoms with E-state index in [1.807, 2.05) is 0 Å². The second kappa shape index (κ2) is 3.85. The molecule has 0 fully saturated rings. The Morgan fingerprint density at radius 2 is 2.08 bits per heavy atom. The minimum absolute atomic E-state index is 0.216. The topological polar surface area (TPSA) is 9.23 Å². The average molecular weight is 170 g/mol. The molecule has 3 heteroatoms. The summed E-state index contributed by atoms with van der Waals surface area (Å²) in [5, 5.41) is 0. The molecule has 0 aliphatic rings. The van der Waals surface area contributed by atoms with Gasteiger partial charge in [0, 0.05) is 0 Å². The molecule has 0 aliphatic carbocycles. The minimum Gasteiger partial charge on any atom is -0.430 e. The Hall–Kier alpha value is -1.38. The van der Waals surface area contributed by atoms with Gasteiger partial charge in [-0.3, -0.25) is 0 Å². The fourth-order valence-electron chi connectivity index (χ4n) is 0.798. The molecule has 0 aliphatic heterocycles. The molecule has 0 atom stereocenters. The second-order valence-electron chi connectivity index (χ2n) is 2.28. The predicted octanol–water partition coefficient (Wildman–Crippen LogP) is 3.11. The molecule has 0 spiro atoms. The van der Waals surface area contributed by atoms with E-state index in [4.69, 9.17) is 0 Å². The highest BCUT2D eigenvalue weighted by molar-refractivity contribution is 5.32. The van der Waals surface area contributed by atoms with Crippen LogP contribution < -0.4 is 4.74 Å². The zero-order chi connectivity index (χ0) is 8.97. The highest BCUT2D eigenvalue weighted by Crippen LogP contribution is 2.19. The van der Waals surface area contributed by atoms with Crippen molar-refractivity contribution < 1.29 is 13.5 Å². The summed E-state index contributed by atoms with van der Waals surface area (Å²) in [6.45, 7) is 1.75. The summed E-state index contributed by atoms with van der Waals surface area (Å²) >= 11 is 0. The number of halogens is 2. The van der Waals surface area contributed by atoms with Crippen molar-refractivity contribution in [3.8, 4) is 5.75 Å². The fourth-order valence-corrected chi connectivity index (χ4v) is 0.798. The van der Waals surface area contributed by atoms with Gasteiger partial charge in [0.25, 0.3) is 0 Å². The molecule has 0 saturated carbocycles. The van der Waals surface area contributed by atoms with Crippen molar-refractivity contribution in [3.05, 3.63) is 42.2 Å². The molecule has 1 aromatic carbocycles. The summed E-state index contributed by atoms with van der Waals surface area (Å²) in [6, 6.07) is 5.57. The van der Waals surface area contributed by atoms with E-state index in [1.165, 1.54) is 0 Å². The monoisotopic (exact) mass is 170 g/mol. The van der Waals surface area contributed by atoms with Gasteiger partial charge in [-0.2, -0.15) is 4.39 Å². The van der Waals surface area contributed by atoms with E-state index in [0.29, 0.717) is 5.75 Å². The van der Waals surface area contributed by atoms with Crippen molar-refractivity contribution in [1.29, 1.82) is 0 Å². The molecule has 0 bridgehead atoms. The fraction of sp³-hybridized carbons (Fsp3) is 0.111. The SMILES string of the molecule is Cc1ccccc1O/C(F)=C/F. The molecule has 64 valence electrons. The van der Waals surface area contributed by atoms with E-state index in [-0.39, 0.29) is 6.33 Å². The van der Waals surface area contributed by atoms with E-state index in [1.54, 1.807) is 31.2 Å². The summed E-state index contributed by atoms with van der Waals surface area (Å²) < 4.78 is 28.3. The Labute approximate surface area is 69.3 Å². The zero-order valence-corrected chi connectivity index (χ0v) is 6.55. The normalized spacial score (nSPS) is 11.4. The Balaban J connectivity index is 2.82. The Morgan fingerprint density at radius 3 is 2.67 bits per heavy atom. The molecule has 0 unspecified atom stereocenters. The van der Waals surface area contributed by atoms with Gasteiger partial charge in [-0.25, -0.2) is 4.39 Å². The van der Waals surface area contributed by atoms with Gasteiger partial charge in [-0.1, -0.05) is 18.2 Å². The third-order valence-corrected chi connectivity index (χ3v) is 1.39. The van der Waals surface area contributed by atoms with Crippen LogP contribution in [0, 0.1) is 6.92 Å². The van der Waals surface area contributed by atoms with Crippen molar-refractivity contribution in [1.82, 2.24) is 0 Å². The standard InChI is InChI=1S/C9H8F2O/c1-7-4-2-3-5-8(7)12-9(11)6-10/h2-6H,1H3/b9-6+. The maximum atomic E-state index is 12.3. The molecule has 1 aromatic rings. The van der Waals surface area contributed by atoms with Gasteiger partial charge in [0.1, 0.15) is 5.75 Å². The molecular weight excluding hydrogens is 162 g/mol. The minimum atomic E-state index is -1.23. The molecule has 0 amide bonds. The number of aryl methyl sites for hydroxylation is 1.